The van der Waals surface area contributed by atoms with E-state index >= 15 is 0 Å². The third-order valence-corrected chi connectivity index (χ3v) is 4.49. The van der Waals surface area contributed by atoms with Gasteiger partial charge in [0, 0.05) is 16.7 Å². The molecule has 96 valence electrons. The van der Waals surface area contributed by atoms with Crippen molar-refractivity contribution in [2.75, 3.05) is 5.75 Å². The van der Waals surface area contributed by atoms with Gasteiger partial charge in [0.15, 0.2) is 0 Å². The average Bonchev–Trinajstić information content (AvgIpc) is 2.35. The molecule has 1 aromatic rings. The second kappa shape index (κ2) is 7.75. The van der Waals surface area contributed by atoms with Crippen molar-refractivity contribution in [1.82, 2.24) is 5.43 Å². The number of benzene rings is 1. The summed E-state index contributed by atoms with van der Waals surface area (Å²) in [6, 6.07) is 8.90. The van der Waals surface area contributed by atoms with E-state index in [2.05, 4.69) is 50.5 Å². The molecule has 0 radical (unpaired) electrons. The van der Waals surface area contributed by atoms with E-state index in [0.717, 1.165) is 18.1 Å². The first-order valence-electron chi connectivity index (χ1n) is 6.31. The lowest BCUT2D eigenvalue weighted by atomic mass is 10.0. The quantitative estimate of drug-likeness (QED) is 0.444. The molecule has 17 heavy (non-hydrogen) atoms. The number of thioether (sulfide) groups is 1. The monoisotopic (exact) mass is 252 g/mol. The van der Waals surface area contributed by atoms with Gasteiger partial charge in [-0.1, -0.05) is 38.5 Å². The van der Waals surface area contributed by atoms with E-state index in [0.29, 0.717) is 6.04 Å². The molecule has 0 bridgehead atoms. The van der Waals surface area contributed by atoms with Crippen molar-refractivity contribution in [3.05, 3.63) is 29.8 Å². The van der Waals surface area contributed by atoms with Crippen LogP contribution in [0.4, 0.5) is 0 Å². The van der Waals surface area contributed by atoms with Crippen molar-refractivity contribution >= 4 is 11.8 Å². The van der Waals surface area contributed by atoms with Gasteiger partial charge in [-0.3, -0.25) is 11.3 Å². The predicted octanol–water partition coefficient (Wildman–Crippen LogP) is 3.36. The number of hydrogen-bond acceptors (Lipinski definition) is 3. The first kappa shape index (κ1) is 14.6. The van der Waals surface area contributed by atoms with Crippen molar-refractivity contribution in [3.63, 3.8) is 0 Å². The molecule has 2 nitrogen and oxygen atoms in total. The highest BCUT2D eigenvalue weighted by atomic mass is 32.2. The second-order valence-electron chi connectivity index (χ2n) is 4.69. The topological polar surface area (TPSA) is 38.0 Å². The Hall–Kier alpha value is -0.510. The summed E-state index contributed by atoms with van der Waals surface area (Å²) < 4.78 is 0. The lowest BCUT2D eigenvalue weighted by Crippen LogP contribution is -2.38. The van der Waals surface area contributed by atoms with Crippen LogP contribution in [0.15, 0.2) is 29.2 Å². The third kappa shape index (κ3) is 5.11. The van der Waals surface area contributed by atoms with Gasteiger partial charge in [-0.05, 0) is 30.9 Å². The first-order chi connectivity index (χ1) is 8.17. The Morgan fingerprint density at radius 3 is 2.65 bits per heavy atom. The summed E-state index contributed by atoms with van der Waals surface area (Å²) >= 11 is 1.89. The van der Waals surface area contributed by atoms with E-state index in [-0.39, 0.29) is 0 Å². The Bertz CT molecular complexity index is 328. The molecule has 1 rings (SSSR count). The van der Waals surface area contributed by atoms with Gasteiger partial charge in [0.25, 0.3) is 0 Å². The first-order valence-corrected chi connectivity index (χ1v) is 7.30. The minimum absolute atomic E-state index is 0.398. The summed E-state index contributed by atoms with van der Waals surface area (Å²) in [7, 11) is 0. The van der Waals surface area contributed by atoms with Gasteiger partial charge in [0.1, 0.15) is 0 Å². The van der Waals surface area contributed by atoms with Crippen molar-refractivity contribution in [2.45, 2.75) is 44.6 Å². The maximum Gasteiger partial charge on any atom is 0.0307 e. The van der Waals surface area contributed by atoms with Gasteiger partial charge in [-0.15, -0.1) is 11.8 Å². The molecule has 1 aromatic carbocycles. The van der Waals surface area contributed by atoms with Crippen LogP contribution in [0.3, 0.4) is 0 Å². The van der Waals surface area contributed by atoms with Crippen molar-refractivity contribution < 1.29 is 0 Å². The van der Waals surface area contributed by atoms with Gasteiger partial charge in [-0.25, -0.2) is 0 Å². The molecular formula is C14H24N2S. The van der Waals surface area contributed by atoms with Crippen molar-refractivity contribution in [2.24, 2.45) is 11.8 Å². The van der Waals surface area contributed by atoms with Crippen LogP contribution in [-0.2, 0) is 0 Å². The Labute approximate surface area is 109 Å². The Morgan fingerprint density at radius 1 is 1.35 bits per heavy atom. The van der Waals surface area contributed by atoms with Crippen LogP contribution in [-0.4, -0.2) is 11.8 Å². The molecule has 0 spiro atoms. The molecule has 2 atom stereocenters. The molecule has 0 amide bonds. The Morgan fingerprint density at radius 2 is 2.06 bits per heavy atom. The second-order valence-corrected chi connectivity index (χ2v) is 5.75. The van der Waals surface area contributed by atoms with E-state index in [1.165, 1.54) is 16.9 Å². The lowest BCUT2D eigenvalue weighted by Gasteiger charge is -2.19. The van der Waals surface area contributed by atoms with E-state index in [1.807, 2.05) is 11.8 Å². The molecule has 3 N–H and O–H groups in total. The predicted molar refractivity (Wildman–Crippen MR) is 77.1 cm³/mol. The zero-order chi connectivity index (χ0) is 12.7. The summed E-state index contributed by atoms with van der Waals surface area (Å²) in [4.78, 5) is 1.36. The van der Waals surface area contributed by atoms with E-state index in [1.54, 1.807) is 0 Å². The van der Waals surface area contributed by atoms with Crippen LogP contribution < -0.4 is 11.3 Å². The van der Waals surface area contributed by atoms with Crippen LogP contribution in [0.5, 0.6) is 0 Å². The molecule has 0 aromatic heterocycles. The van der Waals surface area contributed by atoms with E-state index in [4.69, 9.17) is 5.84 Å². The van der Waals surface area contributed by atoms with Gasteiger partial charge in [0.05, 0.1) is 0 Å². The Kier molecular flexibility index (Phi) is 6.63. The van der Waals surface area contributed by atoms with Crippen LogP contribution in [0, 0.1) is 12.8 Å². The van der Waals surface area contributed by atoms with Crippen molar-refractivity contribution in [3.8, 4) is 0 Å². The Balaban J connectivity index is 2.45. The molecule has 0 fully saturated rings. The summed E-state index contributed by atoms with van der Waals surface area (Å²) in [6.45, 7) is 6.66. The largest absolute Gasteiger partial charge is 0.271 e. The van der Waals surface area contributed by atoms with Gasteiger partial charge in [-0.2, -0.15) is 0 Å². The average molecular weight is 252 g/mol. The highest BCUT2D eigenvalue weighted by molar-refractivity contribution is 7.99. The number of hydrazine groups is 1. The third-order valence-electron chi connectivity index (χ3n) is 3.15. The summed E-state index contributed by atoms with van der Waals surface area (Å²) in [5, 5.41) is 0. The fourth-order valence-electron chi connectivity index (χ4n) is 1.75. The standard InChI is InChI=1S/C14H24N2S/c1-4-11(2)9-13(16-15)10-17-14-8-6-5-7-12(14)3/h5-8,11,13,16H,4,9-10,15H2,1-3H3. The van der Waals surface area contributed by atoms with Crippen LogP contribution in [0.25, 0.3) is 0 Å². The molecule has 0 saturated heterocycles. The zero-order valence-electron chi connectivity index (χ0n) is 11.1. The summed E-state index contributed by atoms with van der Waals surface area (Å²) in [6.07, 6.45) is 2.36. The van der Waals surface area contributed by atoms with Crippen molar-refractivity contribution in [1.29, 1.82) is 0 Å². The highest BCUT2D eigenvalue weighted by Gasteiger charge is 2.11. The summed E-state index contributed by atoms with van der Waals surface area (Å²) in [5.74, 6) is 7.38. The maximum atomic E-state index is 5.61. The molecule has 2 unspecified atom stereocenters. The normalized spacial score (nSPS) is 14.6. The minimum atomic E-state index is 0.398. The summed E-state index contributed by atoms with van der Waals surface area (Å²) in [5.41, 5.74) is 4.28. The SMILES string of the molecule is CCC(C)CC(CSc1ccccc1C)NN. The van der Waals surface area contributed by atoms with Crippen LogP contribution in [0.2, 0.25) is 0 Å². The van der Waals surface area contributed by atoms with E-state index < -0.39 is 0 Å². The van der Waals surface area contributed by atoms with Gasteiger partial charge in [0.2, 0.25) is 0 Å². The number of nitrogens with one attached hydrogen (secondary N) is 1. The van der Waals surface area contributed by atoms with Crippen LogP contribution in [0.1, 0.15) is 32.3 Å². The zero-order valence-corrected chi connectivity index (χ0v) is 11.9. The number of nitrogens with two attached hydrogens (primary N) is 1. The molecule has 3 heteroatoms. The van der Waals surface area contributed by atoms with E-state index in [9.17, 15) is 0 Å². The molecule has 0 aliphatic rings. The lowest BCUT2D eigenvalue weighted by molar-refractivity contribution is 0.423. The number of aryl methyl sites for hydroxylation is 1. The van der Waals surface area contributed by atoms with Gasteiger partial charge < -0.3 is 0 Å². The minimum Gasteiger partial charge on any atom is -0.271 e. The fourth-order valence-corrected chi connectivity index (χ4v) is 2.83. The number of rotatable bonds is 7. The smallest absolute Gasteiger partial charge is 0.0307 e. The molecule has 0 saturated carbocycles. The maximum absolute atomic E-state index is 5.61. The van der Waals surface area contributed by atoms with Gasteiger partial charge >= 0.3 is 0 Å². The van der Waals surface area contributed by atoms with Crippen LogP contribution >= 0.6 is 11.8 Å². The molecular weight excluding hydrogens is 228 g/mol. The molecule has 0 aliphatic heterocycles. The number of hydrogen-bond donors (Lipinski definition) is 2. The fraction of sp³-hybridized carbons (Fsp3) is 0.571. The highest BCUT2D eigenvalue weighted by Crippen LogP contribution is 2.24. The molecule has 0 aliphatic carbocycles. The molecule has 0 heterocycles.